The van der Waals surface area contributed by atoms with Gasteiger partial charge in [-0.05, 0) is 39.0 Å². The Morgan fingerprint density at radius 3 is 2.24 bits per heavy atom. The number of likely N-dealkylation sites (tertiary alicyclic amines) is 1. The van der Waals surface area contributed by atoms with Gasteiger partial charge in [-0.2, -0.15) is 0 Å². The summed E-state index contributed by atoms with van der Waals surface area (Å²) in [5, 5.41) is 6.25. The largest absolute Gasteiger partial charge is 0.355 e. The number of rotatable bonds is 5. The summed E-state index contributed by atoms with van der Waals surface area (Å²) in [6, 6.07) is 0. The van der Waals surface area contributed by atoms with Crippen molar-refractivity contribution in [3.63, 3.8) is 0 Å². The topological polar surface area (TPSA) is 61.4 Å². The van der Waals surface area contributed by atoms with Gasteiger partial charge in [0.1, 0.15) is 0 Å². The van der Waals surface area contributed by atoms with E-state index in [1.54, 1.807) is 0 Å². The maximum atomic E-state index is 12.4. The minimum absolute atomic E-state index is 0.0659. The maximum absolute atomic E-state index is 12.4. The third kappa shape index (κ3) is 4.19. The Balaban J connectivity index is 1.92. The smallest absolute Gasteiger partial charge is 0.240 e. The molecule has 0 unspecified atom stereocenters. The van der Waals surface area contributed by atoms with Gasteiger partial charge in [-0.25, -0.2) is 0 Å². The molecule has 21 heavy (non-hydrogen) atoms. The molecule has 5 nitrogen and oxygen atoms in total. The first-order valence-corrected chi connectivity index (χ1v) is 8.49. The Bertz CT molecular complexity index is 359. The lowest BCUT2D eigenvalue weighted by Gasteiger charge is -2.37. The average molecular weight is 295 g/mol. The second kappa shape index (κ2) is 7.78. The molecule has 2 aliphatic rings. The van der Waals surface area contributed by atoms with Crippen molar-refractivity contribution >= 4 is 11.8 Å². The molecule has 2 rings (SSSR count). The normalized spacial score (nSPS) is 21.9. The molecule has 0 aromatic heterocycles. The van der Waals surface area contributed by atoms with Crippen LogP contribution in [0.15, 0.2) is 0 Å². The van der Waals surface area contributed by atoms with Gasteiger partial charge in [0.25, 0.3) is 0 Å². The van der Waals surface area contributed by atoms with E-state index in [0.29, 0.717) is 6.54 Å². The Morgan fingerprint density at radius 2 is 1.62 bits per heavy atom. The predicted octanol–water partition coefficient (Wildman–Crippen LogP) is 1.43. The van der Waals surface area contributed by atoms with E-state index in [2.05, 4.69) is 10.6 Å². The van der Waals surface area contributed by atoms with Crippen LogP contribution in [-0.2, 0) is 9.59 Å². The summed E-state index contributed by atoms with van der Waals surface area (Å²) in [6.45, 7) is 4.61. The van der Waals surface area contributed by atoms with Crippen molar-refractivity contribution in [3.8, 4) is 0 Å². The van der Waals surface area contributed by atoms with Gasteiger partial charge in [-0.3, -0.25) is 14.9 Å². The van der Waals surface area contributed by atoms with E-state index in [1.807, 2.05) is 11.8 Å². The van der Waals surface area contributed by atoms with Crippen LogP contribution >= 0.6 is 0 Å². The molecule has 0 bridgehead atoms. The van der Waals surface area contributed by atoms with Crippen LogP contribution in [0.3, 0.4) is 0 Å². The third-order valence-electron chi connectivity index (χ3n) is 4.77. The zero-order valence-electron chi connectivity index (χ0n) is 13.2. The van der Waals surface area contributed by atoms with E-state index in [-0.39, 0.29) is 18.4 Å². The van der Waals surface area contributed by atoms with Crippen molar-refractivity contribution in [2.45, 2.75) is 63.8 Å². The third-order valence-corrected chi connectivity index (χ3v) is 4.77. The molecular formula is C16H29N3O2. The molecule has 1 aliphatic carbocycles. The second-order valence-electron chi connectivity index (χ2n) is 6.30. The summed E-state index contributed by atoms with van der Waals surface area (Å²) in [5.74, 6) is 0.208. The number of nitrogens with zero attached hydrogens (tertiary/aromatic N) is 1. The van der Waals surface area contributed by atoms with Gasteiger partial charge in [0.15, 0.2) is 0 Å². The highest BCUT2D eigenvalue weighted by Gasteiger charge is 2.39. The van der Waals surface area contributed by atoms with Crippen molar-refractivity contribution in [1.29, 1.82) is 0 Å². The van der Waals surface area contributed by atoms with Gasteiger partial charge in [0.05, 0.1) is 12.1 Å². The molecule has 2 amide bonds. The fraction of sp³-hybridized carbons (Fsp3) is 0.875. The first-order chi connectivity index (χ1) is 10.2. The van der Waals surface area contributed by atoms with Crippen molar-refractivity contribution in [3.05, 3.63) is 0 Å². The molecule has 120 valence electrons. The highest BCUT2D eigenvalue weighted by molar-refractivity contribution is 5.87. The summed E-state index contributed by atoms with van der Waals surface area (Å²) in [4.78, 5) is 26.6. The molecule has 1 aliphatic heterocycles. The molecule has 5 heteroatoms. The van der Waals surface area contributed by atoms with Crippen LogP contribution in [0.1, 0.15) is 58.3 Å². The first kappa shape index (κ1) is 16.3. The number of carbonyl (C=O) groups excluding carboxylic acids is 2. The predicted molar refractivity (Wildman–Crippen MR) is 82.9 cm³/mol. The van der Waals surface area contributed by atoms with Crippen LogP contribution in [0.2, 0.25) is 0 Å². The molecular weight excluding hydrogens is 266 g/mol. The van der Waals surface area contributed by atoms with Crippen LogP contribution in [0.4, 0.5) is 0 Å². The number of hydrogen-bond donors (Lipinski definition) is 2. The molecule has 1 saturated heterocycles. The molecule has 0 spiro atoms. The molecule has 1 heterocycles. The quantitative estimate of drug-likeness (QED) is 0.806. The Labute approximate surface area is 127 Å². The van der Waals surface area contributed by atoms with Crippen molar-refractivity contribution in [2.75, 3.05) is 26.2 Å². The maximum Gasteiger partial charge on any atom is 0.240 e. The molecule has 0 aromatic carbocycles. The van der Waals surface area contributed by atoms with E-state index in [4.69, 9.17) is 0 Å². The molecule has 0 aromatic rings. The summed E-state index contributed by atoms with van der Waals surface area (Å²) >= 11 is 0. The zero-order valence-corrected chi connectivity index (χ0v) is 13.2. The second-order valence-corrected chi connectivity index (χ2v) is 6.30. The van der Waals surface area contributed by atoms with Crippen LogP contribution in [0.5, 0.6) is 0 Å². The van der Waals surface area contributed by atoms with E-state index in [9.17, 15) is 9.59 Å². The van der Waals surface area contributed by atoms with E-state index in [1.165, 1.54) is 12.8 Å². The average Bonchev–Trinajstić information content (AvgIpc) is 2.54. The van der Waals surface area contributed by atoms with E-state index >= 15 is 0 Å². The Kier molecular flexibility index (Phi) is 6.03. The number of carbonyl (C=O) groups is 2. The lowest BCUT2D eigenvalue weighted by Crippen LogP contribution is -2.60. The Hall–Kier alpha value is -1.10. The number of likely N-dealkylation sites (N-methyl/N-ethyl adjacent to an activating group) is 1. The minimum Gasteiger partial charge on any atom is -0.355 e. The van der Waals surface area contributed by atoms with Gasteiger partial charge in [0, 0.05) is 19.6 Å². The summed E-state index contributed by atoms with van der Waals surface area (Å²) in [5.41, 5.74) is -0.528. The van der Waals surface area contributed by atoms with Crippen LogP contribution in [-0.4, -0.2) is 48.4 Å². The van der Waals surface area contributed by atoms with E-state index in [0.717, 1.165) is 51.6 Å². The van der Waals surface area contributed by atoms with Gasteiger partial charge in [-0.1, -0.05) is 19.3 Å². The fourth-order valence-electron chi connectivity index (χ4n) is 3.47. The van der Waals surface area contributed by atoms with Crippen LogP contribution in [0, 0.1) is 0 Å². The standard InChI is InChI=1S/C16H29N3O2/c1-2-17-15(21)16(9-5-3-6-10-16)18-13-14(20)19-11-7-4-8-12-19/h18H,2-13H2,1H3,(H,17,21). The molecule has 0 atom stereocenters. The number of hydrogen-bond acceptors (Lipinski definition) is 3. The molecule has 0 radical (unpaired) electrons. The number of nitrogens with one attached hydrogen (secondary N) is 2. The van der Waals surface area contributed by atoms with Crippen molar-refractivity contribution in [2.24, 2.45) is 0 Å². The van der Waals surface area contributed by atoms with Gasteiger partial charge in [-0.15, -0.1) is 0 Å². The van der Waals surface area contributed by atoms with Gasteiger partial charge in [0.2, 0.25) is 11.8 Å². The minimum atomic E-state index is -0.528. The Morgan fingerprint density at radius 1 is 1.00 bits per heavy atom. The SMILES string of the molecule is CCNC(=O)C1(NCC(=O)N2CCCCC2)CCCCC1. The fourth-order valence-corrected chi connectivity index (χ4v) is 3.47. The lowest BCUT2D eigenvalue weighted by molar-refractivity contribution is -0.133. The summed E-state index contributed by atoms with van der Waals surface area (Å²) in [7, 11) is 0. The number of amides is 2. The highest BCUT2D eigenvalue weighted by atomic mass is 16.2. The molecule has 2 N–H and O–H groups in total. The highest BCUT2D eigenvalue weighted by Crippen LogP contribution is 2.28. The summed E-state index contributed by atoms with van der Waals surface area (Å²) in [6.07, 6.45) is 8.41. The lowest BCUT2D eigenvalue weighted by atomic mass is 9.80. The number of piperidine rings is 1. The molecule has 1 saturated carbocycles. The zero-order chi connectivity index (χ0) is 15.1. The van der Waals surface area contributed by atoms with E-state index < -0.39 is 5.54 Å². The van der Waals surface area contributed by atoms with Crippen molar-refractivity contribution < 1.29 is 9.59 Å². The van der Waals surface area contributed by atoms with Crippen molar-refractivity contribution in [1.82, 2.24) is 15.5 Å². The van der Waals surface area contributed by atoms with Gasteiger partial charge >= 0.3 is 0 Å². The monoisotopic (exact) mass is 295 g/mol. The van der Waals surface area contributed by atoms with Crippen LogP contribution in [0.25, 0.3) is 0 Å². The van der Waals surface area contributed by atoms with Crippen LogP contribution < -0.4 is 10.6 Å². The van der Waals surface area contributed by atoms with Gasteiger partial charge < -0.3 is 10.2 Å². The molecule has 2 fully saturated rings. The first-order valence-electron chi connectivity index (χ1n) is 8.49. The summed E-state index contributed by atoms with van der Waals surface area (Å²) < 4.78 is 0.